The number of nitrogens with one attached hydrogen (secondary N) is 1. The number of aromatic amines is 1. The summed E-state index contributed by atoms with van der Waals surface area (Å²) < 4.78 is 29.4. The molecule has 27 heavy (non-hydrogen) atoms. The van der Waals surface area contributed by atoms with Crippen molar-refractivity contribution in [3.05, 3.63) is 29.2 Å². The van der Waals surface area contributed by atoms with Crippen LogP contribution in [0.15, 0.2) is 6.20 Å². The van der Waals surface area contributed by atoms with Crippen LogP contribution < -0.4 is 9.42 Å². The molecule has 0 spiro atoms. The van der Waals surface area contributed by atoms with Crippen LogP contribution in [0.2, 0.25) is 0 Å². The molecule has 0 radical (unpaired) electrons. The van der Waals surface area contributed by atoms with E-state index in [0.717, 1.165) is 28.7 Å². The van der Waals surface area contributed by atoms with E-state index in [1.807, 2.05) is 36.5 Å². The van der Waals surface area contributed by atoms with Crippen LogP contribution in [0.1, 0.15) is 29.5 Å². The van der Waals surface area contributed by atoms with Gasteiger partial charge in [-0.15, -0.1) is 9.61 Å². The number of rotatable bonds is 5. The van der Waals surface area contributed by atoms with Crippen LogP contribution in [-0.2, 0) is 19.9 Å². The van der Waals surface area contributed by atoms with Crippen molar-refractivity contribution in [1.82, 2.24) is 29.8 Å². The van der Waals surface area contributed by atoms with Crippen molar-refractivity contribution in [3.8, 4) is 0 Å². The number of H-pyrrole nitrogens is 1. The molecule has 1 N–H and O–H groups in total. The van der Waals surface area contributed by atoms with Gasteiger partial charge in [-0.1, -0.05) is 0 Å². The first-order valence-electron chi connectivity index (χ1n) is 9.08. The lowest BCUT2D eigenvalue weighted by Crippen LogP contribution is -2.28. The Morgan fingerprint density at radius 2 is 2.11 bits per heavy atom. The van der Waals surface area contributed by atoms with E-state index in [0.29, 0.717) is 38.3 Å². The van der Waals surface area contributed by atoms with Crippen LogP contribution in [0.25, 0.3) is 5.65 Å². The van der Waals surface area contributed by atoms with Crippen molar-refractivity contribution >= 4 is 11.6 Å². The highest BCUT2D eigenvalue weighted by Crippen LogP contribution is 2.25. The highest BCUT2D eigenvalue weighted by Gasteiger charge is 2.31. The minimum atomic E-state index is -2.29. The second-order valence-electron chi connectivity index (χ2n) is 7.10. The zero-order valence-electron chi connectivity index (χ0n) is 15.7. The van der Waals surface area contributed by atoms with Gasteiger partial charge in [-0.25, -0.2) is 13.8 Å². The molecule has 10 heteroatoms. The molecule has 3 aromatic heterocycles. The third-order valence-electron chi connectivity index (χ3n) is 5.11. The fraction of sp³-hybridized carbons (Fsp3) is 0.588. The van der Waals surface area contributed by atoms with E-state index in [9.17, 15) is 8.78 Å². The van der Waals surface area contributed by atoms with Crippen LogP contribution >= 0.6 is 0 Å². The van der Waals surface area contributed by atoms with E-state index in [1.54, 1.807) is 4.68 Å². The van der Waals surface area contributed by atoms with E-state index in [1.165, 1.54) is 0 Å². The summed E-state index contributed by atoms with van der Waals surface area (Å²) in [4.78, 5) is 15.4. The molecule has 3 aromatic rings. The Bertz CT molecular complexity index is 924. The minimum absolute atomic E-state index is 0.312. The second-order valence-corrected chi connectivity index (χ2v) is 7.10. The lowest BCUT2D eigenvalue weighted by atomic mass is 10.1. The summed E-state index contributed by atoms with van der Waals surface area (Å²) >= 11 is 0. The Labute approximate surface area is 155 Å². The van der Waals surface area contributed by atoms with Crippen LogP contribution in [0, 0.1) is 19.8 Å². The summed E-state index contributed by atoms with van der Waals surface area (Å²) in [6, 6.07) is 0. The number of hydrogen-bond acceptors (Lipinski definition) is 5. The number of halogens is 2. The molecule has 0 aliphatic carbocycles. The standard InChI is InChI=1S/C17H22F2N8/c1-10-8-20-11(2)16-21-13(23-27(10)16)4-5-14-22-17(24-25(14)3)26-7-6-12(9-26)15(18)19/h8,12,15H,4-7,9H2,1-3H3/p+1/t12-/m0/s1. The molecule has 0 amide bonds. The Hall–Kier alpha value is -2.65. The molecule has 0 saturated carbocycles. The lowest BCUT2D eigenvalue weighted by molar-refractivity contribution is -0.585. The van der Waals surface area contributed by atoms with Gasteiger partial charge in [-0.05, 0) is 18.3 Å². The highest BCUT2D eigenvalue weighted by atomic mass is 19.3. The van der Waals surface area contributed by atoms with Crippen molar-refractivity contribution in [2.24, 2.45) is 13.0 Å². The summed E-state index contributed by atoms with van der Waals surface area (Å²) in [6.07, 6.45) is 1.33. The third kappa shape index (κ3) is 3.35. The molecule has 1 fully saturated rings. The maximum atomic E-state index is 12.9. The normalized spacial score (nSPS) is 17.6. The average Bonchev–Trinajstić information content (AvgIpc) is 3.34. The molecule has 144 valence electrons. The summed E-state index contributed by atoms with van der Waals surface area (Å²) in [5.41, 5.74) is 2.67. The van der Waals surface area contributed by atoms with E-state index in [2.05, 4.69) is 25.1 Å². The Morgan fingerprint density at radius 1 is 1.30 bits per heavy atom. The summed E-state index contributed by atoms with van der Waals surface area (Å²) in [7, 11) is 1.83. The molecule has 1 aliphatic heterocycles. The smallest absolute Gasteiger partial charge is 0.339 e. The summed E-state index contributed by atoms with van der Waals surface area (Å²) in [5, 5.41) is 7.70. The van der Waals surface area contributed by atoms with Crippen molar-refractivity contribution in [2.45, 2.75) is 39.5 Å². The van der Waals surface area contributed by atoms with Gasteiger partial charge in [-0.3, -0.25) is 4.68 Å². The van der Waals surface area contributed by atoms with E-state index in [4.69, 9.17) is 0 Å². The minimum Gasteiger partial charge on any atom is -0.339 e. The van der Waals surface area contributed by atoms with Crippen molar-refractivity contribution in [3.63, 3.8) is 0 Å². The first kappa shape index (κ1) is 17.7. The van der Waals surface area contributed by atoms with Gasteiger partial charge < -0.3 is 4.90 Å². The molecule has 4 heterocycles. The van der Waals surface area contributed by atoms with Gasteiger partial charge in [0.05, 0.1) is 6.20 Å². The van der Waals surface area contributed by atoms with Gasteiger partial charge in [0, 0.05) is 45.8 Å². The SMILES string of the molecule is Cc1ncc(C)[n+]2[nH]c(CCc3nc(N4CC[C@H](C(F)F)C4)nn3C)nc12. The summed E-state index contributed by atoms with van der Waals surface area (Å²) in [6.45, 7) is 4.78. The fourth-order valence-corrected chi connectivity index (χ4v) is 3.46. The fourth-order valence-electron chi connectivity index (χ4n) is 3.46. The van der Waals surface area contributed by atoms with Crippen molar-refractivity contribution in [2.75, 3.05) is 18.0 Å². The molecule has 1 aliphatic rings. The van der Waals surface area contributed by atoms with Crippen molar-refractivity contribution < 1.29 is 13.3 Å². The van der Waals surface area contributed by atoms with Crippen LogP contribution in [-0.4, -0.2) is 49.3 Å². The molecule has 0 bridgehead atoms. The maximum absolute atomic E-state index is 12.9. The molecule has 8 nitrogen and oxygen atoms in total. The topological polar surface area (TPSA) is 79.6 Å². The van der Waals surface area contributed by atoms with Gasteiger partial charge in [0.15, 0.2) is 0 Å². The van der Waals surface area contributed by atoms with E-state index < -0.39 is 12.3 Å². The van der Waals surface area contributed by atoms with Gasteiger partial charge in [0.2, 0.25) is 12.4 Å². The Kier molecular flexibility index (Phi) is 4.48. The van der Waals surface area contributed by atoms with Gasteiger partial charge in [0.1, 0.15) is 17.2 Å². The molecule has 1 atom stereocenters. The van der Waals surface area contributed by atoms with Crippen LogP contribution in [0.5, 0.6) is 0 Å². The number of hydrogen-bond donors (Lipinski definition) is 1. The largest absolute Gasteiger partial charge is 0.370 e. The lowest BCUT2D eigenvalue weighted by Gasteiger charge is -2.13. The predicted octanol–water partition coefficient (Wildman–Crippen LogP) is 1.17. The number of alkyl halides is 2. The average molecular weight is 377 g/mol. The van der Waals surface area contributed by atoms with Crippen molar-refractivity contribution in [1.29, 1.82) is 0 Å². The first-order valence-corrected chi connectivity index (χ1v) is 9.08. The number of nitrogens with zero attached hydrogens (tertiary/aromatic N) is 7. The van der Waals surface area contributed by atoms with Gasteiger partial charge >= 0.3 is 5.65 Å². The van der Waals surface area contributed by atoms with E-state index >= 15 is 0 Å². The Morgan fingerprint density at radius 3 is 2.81 bits per heavy atom. The Balaban J connectivity index is 1.47. The maximum Gasteiger partial charge on any atom is 0.370 e. The highest BCUT2D eigenvalue weighted by molar-refractivity contribution is 5.34. The second kappa shape index (κ2) is 6.82. The monoisotopic (exact) mass is 377 g/mol. The number of aromatic nitrogens is 7. The summed E-state index contributed by atoms with van der Waals surface area (Å²) in [5.74, 6) is 1.59. The predicted molar refractivity (Wildman–Crippen MR) is 93.8 cm³/mol. The number of fused-ring (bicyclic) bond motifs is 1. The molecular formula is C17H23F2N8+. The van der Waals surface area contributed by atoms with Gasteiger partial charge in [0.25, 0.3) is 5.82 Å². The van der Waals surface area contributed by atoms with E-state index in [-0.39, 0.29) is 0 Å². The van der Waals surface area contributed by atoms with Gasteiger partial charge in [-0.2, -0.15) is 10.1 Å². The first-order chi connectivity index (χ1) is 12.9. The number of aryl methyl sites for hydroxylation is 5. The zero-order chi connectivity index (χ0) is 19.1. The molecular weight excluding hydrogens is 354 g/mol. The zero-order valence-corrected chi connectivity index (χ0v) is 15.7. The van der Waals surface area contributed by atoms with Crippen LogP contribution in [0.4, 0.5) is 14.7 Å². The quantitative estimate of drug-likeness (QED) is 0.675. The molecule has 1 saturated heterocycles. The molecule has 0 unspecified atom stereocenters. The molecule has 0 aromatic carbocycles. The third-order valence-corrected chi connectivity index (χ3v) is 5.11. The number of anilines is 1. The van der Waals surface area contributed by atoms with Crippen LogP contribution in [0.3, 0.4) is 0 Å². The molecule has 4 rings (SSSR count).